The smallest absolute Gasteiger partial charge is 0.177 e. The third kappa shape index (κ3) is 3.64. The van der Waals surface area contributed by atoms with Crippen LogP contribution in [0.3, 0.4) is 0 Å². The summed E-state index contributed by atoms with van der Waals surface area (Å²) in [4.78, 5) is 14.8. The lowest BCUT2D eigenvalue weighted by atomic mass is 9.96. The highest BCUT2D eigenvalue weighted by Gasteiger charge is 2.17. The van der Waals surface area contributed by atoms with E-state index in [1.54, 1.807) is 0 Å². The number of carbonyl (C=O) groups excluding carboxylic acids is 1. The van der Waals surface area contributed by atoms with E-state index in [9.17, 15) is 4.79 Å². The molecule has 2 rings (SSSR count). The summed E-state index contributed by atoms with van der Waals surface area (Å²) in [7, 11) is 0. The van der Waals surface area contributed by atoms with Crippen LogP contribution in [0.2, 0.25) is 0 Å². The fourth-order valence-corrected chi connectivity index (χ4v) is 2.96. The molecule has 19 heavy (non-hydrogen) atoms. The number of carbonyl (C=O) groups is 1. The number of aryl methyl sites for hydroxylation is 3. The van der Waals surface area contributed by atoms with E-state index in [2.05, 4.69) is 29.3 Å². The Kier molecular flexibility index (Phi) is 4.72. The zero-order valence-corrected chi connectivity index (χ0v) is 12.3. The van der Waals surface area contributed by atoms with Crippen molar-refractivity contribution in [2.24, 2.45) is 0 Å². The molecule has 1 aromatic carbocycles. The third-order valence-corrected chi connectivity index (χ3v) is 3.76. The Balaban J connectivity index is 2.11. The number of benzene rings is 1. The van der Waals surface area contributed by atoms with Gasteiger partial charge in [-0.2, -0.15) is 0 Å². The van der Waals surface area contributed by atoms with Crippen LogP contribution in [0.5, 0.6) is 0 Å². The first-order valence-electron chi connectivity index (χ1n) is 7.12. The van der Waals surface area contributed by atoms with E-state index in [0.29, 0.717) is 6.54 Å². The number of ketones is 1. The number of hydrogen-bond acceptors (Lipinski definition) is 3. The SMILES string of the molecule is Cc1cc(C)c(C(=O)CN2CCCNCC2)c(C)c1. The molecule has 3 nitrogen and oxygen atoms in total. The van der Waals surface area contributed by atoms with Gasteiger partial charge >= 0.3 is 0 Å². The van der Waals surface area contributed by atoms with Gasteiger partial charge in [0.05, 0.1) is 6.54 Å². The molecule has 0 radical (unpaired) electrons. The number of Topliss-reactive ketones (excluding diaryl/α,β-unsaturated/α-hetero) is 1. The second-order valence-corrected chi connectivity index (χ2v) is 5.58. The van der Waals surface area contributed by atoms with Crippen LogP contribution >= 0.6 is 0 Å². The number of nitrogens with zero attached hydrogens (tertiary/aromatic N) is 1. The number of rotatable bonds is 3. The van der Waals surface area contributed by atoms with Crippen LogP contribution in [0.1, 0.15) is 33.5 Å². The van der Waals surface area contributed by atoms with Crippen molar-refractivity contribution in [1.82, 2.24) is 10.2 Å². The first-order chi connectivity index (χ1) is 9.08. The Morgan fingerprint density at radius 2 is 1.84 bits per heavy atom. The van der Waals surface area contributed by atoms with E-state index in [0.717, 1.165) is 49.3 Å². The van der Waals surface area contributed by atoms with E-state index >= 15 is 0 Å². The number of hydrogen-bond donors (Lipinski definition) is 1. The van der Waals surface area contributed by atoms with Crippen molar-refractivity contribution in [3.8, 4) is 0 Å². The zero-order chi connectivity index (χ0) is 13.8. The van der Waals surface area contributed by atoms with Gasteiger partial charge in [-0.3, -0.25) is 9.69 Å². The Bertz CT molecular complexity index is 437. The Hall–Kier alpha value is -1.19. The number of nitrogens with one attached hydrogen (secondary N) is 1. The maximum Gasteiger partial charge on any atom is 0.177 e. The molecule has 3 heteroatoms. The summed E-state index contributed by atoms with van der Waals surface area (Å²) in [6.45, 7) is 10.7. The Morgan fingerprint density at radius 3 is 2.53 bits per heavy atom. The van der Waals surface area contributed by atoms with Crippen LogP contribution in [0, 0.1) is 20.8 Å². The quantitative estimate of drug-likeness (QED) is 0.845. The van der Waals surface area contributed by atoms with Crippen molar-refractivity contribution in [3.05, 3.63) is 34.4 Å². The van der Waals surface area contributed by atoms with Crippen LogP contribution in [0.4, 0.5) is 0 Å². The van der Waals surface area contributed by atoms with Gasteiger partial charge in [-0.05, 0) is 51.4 Å². The van der Waals surface area contributed by atoms with Crippen molar-refractivity contribution >= 4 is 5.78 Å². The lowest BCUT2D eigenvalue weighted by Crippen LogP contribution is -2.33. The topological polar surface area (TPSA) is 32.3 Å². The summed E-state index contributed by atoms with van der Waals surface area (Å²) in [6, 6.07) is 4.20. The van der Waals surface area contributed by atoms with E-state index < -0.39 is 0 Å². The highest BCUT2D eigenvalue weighted by Crippen LogP contribution is 2.17. The largest absolute Gasteiger partial charge is 0.315 e. The van der Waals surface area contributed by atoms with Gasteiger partial charge in [-0.15, -0.1) is 0 Å². The van der Waals surface area contributed by atoms with Gasteiger partial charge < -0.3 is 5.32 Å². The molecule has 1 aliphatic rings. The highest BCUT2D eigenvalue weighted by atomic mass is 16.1. The first-order valence-corrected chi connectivity index (χ1v) is 7.12. The van der Waals surface area contributed by atoms with Gasteiger partial charge in [-0.25, -0.2) is 0 Å². The molecule has 0 atom stereocenters. The molecule has 0 saturated carbocycles. The van der Waals surface area contributed by atoms with Crippen LogP contribution in [-0.2, 0) is 0 Å². The van der Waals surface area contributed by atoms with Gasteiger partial charge in [0.2, 0.25) is 0 Å². The molecule has 104 valence electrons. The molecule has 1 saturated heterocycles. The third-order valence-electron chi connectivity index (χ3n) is 3.76. The van der Waals surface area contributed by atoms with Crippen LogP contribution in [0.15, 0.2) is 12.1 Å². The van der Waals surface area contributed by atoms with Crippen LogP contribution < -0.4 is 5.32 Å². The molecular weight excluding hydrogens is 236 g/mol. The molecule has 0 spiro atoms. The van der Waals surface area contributed by atoms with Crippen LogP contribution in [0.25, 0.3) is 0 Å². The summed E-state index contributed by atoms with van der Waals surface area (Å²) in [6.07, 6.45) is 1.12. The zero-order valence-electron chi connectivity index (χ0n) is 12.3. The lowest BCUT2D eigenvalue weighted by Gasteiger charge is -2.20. The van der Waals surface area contributed by atoms with Crippen molar-refractivity contribution in [3.63, 3.8) is 0 Å². The van der Waals surface area contributed by atoms with Gasteiger partial charge in [0.15, 0.2) is 5.78 Å². The summed E-state index contributed by atoms with van der Waals surface area (Å²) in [5.41, 5.74) is 4.36. The summed E-state index contributed by atoms with van der Waals surface area (Å²) in [5.74, 6) is 0.261. The minimum atomic E-state index is 0.261. The maximum absolute atomic E-state index is 12.5. The molecule has 0 aromatic heterocycles. The molecule has 1 heterocycles. The fourth-order valence-electron chi connectivity index (χ4n) is 2.96. The summed E-state index contributed by atoms with van der Waals surface area (Å²) in [5, 5.41) is 3.37. The molecule has 1 aliphatic heterocycles. The van der Waals surface area contributed by atoms with Crippen molar-refractivity contribution < 1.29 is 4.79 Å². The summed E-state index contributed by atoms with van der Waals surface area (Å²) < 4.78 is 0. The summed E-state index contributed by atoms with van der Waals surface area (Å²) >= 11 is 0. The lowest BCUT2D eigenvalue weighted by molar-refractivity contribution is 0.0934. The maximum atomic E-state index is 12.5. The average Bonchev–Trinajstić information content (AvgIpc) is 2.56. The Labute approximate surface area is 116 Å². The standard InChI is InChI=1S/C16H24N2O/c1-12-9-13(2)16(14(3)10-12)15(19)11-18-7-4-5-17-6-8-18/h9-10,17H,4-8,11H2,1-3H3. The monoisotopic (exact) mass is 260 g/mol. The van der Waals surface area contributed by atoms with Crippen molar-refractivity contribution in [2.45, 2.75) is 27.2 Å². The van der Waals surface area contributed by atoms with Crippen molar-refractivity contribution in [1.29, 1.82) is 0 Å². The van der Waals surface area contributed by atoms with Gasteiger partial charge in [0, 0.05) is 18.7 Å². The van der Waals surface area contributed by atoms with E-state index in [4.69, 9.17) is 0 Å². The normalized spacial score (nSPS) is 17.2. The first kappa shape index (κ1) is 14.2. The molecule has 0 unspecified atom stereocenters. The minimum Gasteiger partial charge on any atom is -0.315 e. The second kappa shape index (κ2) is 6.31. The predicted molar refractivity (Wildman–Crippen MR) is 78.9 cm³/mol. The van der Waals surface area contributed by atoms with E-state index in [1.165, 1.54) is 5.56 Å². The fraction of sp³-hybridized carbons (Fsp3) is 0.562. The van der Waals surface area contributed by atoms with E-state index in [-0.39, 0.29) is 5.78 Å². The highest BCUT2D eigenvalue weighted by molar-refractivity contribution is 6.00. The molecule has 0 amide bonds. The van der Waals surface area contributed by atoms with Gasteiger partial charge in [0.25, 0.3) is 0 Å². The van der Waals surface area contributed by atoms with Crippen LogP contribution in [-0.4, -0.2) is 43.4 Å². The molecule has 1 N–H and O–H groups in total. The second-order valence-electron chi connectivity index (χ2n) is 5.58. The average molecular weight is 260 g/mol. The molecule has 0 bridgehead atoms. The van der Waals surface area contributed by atoms with E-state index in [1.807, 2.05) is 13.8 Å². The molecule has 1 fully saturated rings. The molecule has 0 aliphatic carbocycles. The molecule has 1 aromatic rings. The van der Waals surface area contributed by atoms with Gasteiger partial charge in [-0.1, -0.05) is 17.7 Å². The minimum absolute atomic E-state index is 0.261. The Morgan fingerprint density at radius 1 is 1.16 bits per heavy atom. The van der Waals surface area contributed by atoms with Gasteiger partial charge in [0.1, 0.15) is 0 Å². The predicted octanol–water partition coefficient (Wildman–Crippen LogP) is 2.09. The molecular formula is C16H24N2O. The van der Waals surface area contributed by atoms with Crippen molar-refractivity contribution in [2.75, 3.05) is 32.7 Å².